The topological polar surface area (TPSA) is 17.8 Å². The van der Waals surface area contributed by atoms with Crippen molar-refractivity contribution in [2.24, 2.45) is 0 Å². The van der Waals surface area contributed by atoms with Crippen LogP contribution in [0.15, 0.2) is 30.5 Å². The van der Waals surface area contributed by atoms with Crippen molar-refractivity contribution in [3.05, 3.63) is 30.5 Å². The maximum atomic E-state index is 4.35. The molecule has 0 amide bonds. The molecule has 0 N–H and O–H groups in total. The highest BCUT2D eigenvalue weighted by Crippen LogP contribution is 2.15. The molecule has 0 fully saturated rings. The lowest BCUT2D eigenvalue weighted by Gasteiger charge is -2.01. The van der Waals surface area contributed by atoms with E-state index in [0.717, 1.165) is 5.52 Å². The molecule has 1 aromatic heterocycles. The van der Waals surface area contributed by atoms with E-state index in [1.54, 1.807) is 0 Å². The third-order valence-corrected chi connectivity index (χ3v) is 2.05. The molecule has 0 radical (unpaired) electrons. The van der Waals surface area contributed by atoms with E-state index >= 15 is 0 Å². The van der Waals surface area contributed by atoms with Gasteiger partial charge in [0.2, 0.25) is 0 Å². The molecule has 0 aliphatic rings. The lowest BCUT2D eigenvalue weighted by atomic mass is 10.3. The highest BCUT2D eigenvalue weighted by atomic mass is 32.1. The Hall–Kier alpha value is -0.960. The van der Waals surface area contributed by atoms with Crippen LogP contribution >= 0.6 is 12.6 Å². The minimum atomic E-state index is 0.136. The summed E-state index contributed by atoms with van der Waals surface area (Å²) in [5.41, 5.74) is 1.03. The van der Waals surface area contributed by atoms with Gasteiger partial charge in [-0.1, -0.05) is 18.2 Å². The van der Waals surface area contributed by atoms with Crippen LogP contribution in [0, 0.1) is 0 Å². The lowest BCUT2D eigenvalue weighted by Crippen LogP contribution is -1.97. The van der Waals surface area contributed by atoms with Crippen LogP contribution in [-0.2, 0) is 0 Å². The van der Waals surface area contributed by atoms with Gasteiger partial charge in [-0.15, -0.1) is 0 Å². The van der Waals surface area contributed by atoms with Gasteiger partial charge < -0.3 is 0 Å². The second-order valence-corrected chi connectivity index (χ2v) is 3.55. The summed E-state index contributed by atoms with van der Waals surface area (Å²) in [6, 6.07) is 8.05. The van der Waals surface area contributed by atoms with Crippen molar-refractivity contribution >= 4 is 23.5 Å². The first kappa shape index (κ1) is 7.68. The van der Waals surface area contributed by atoms with Crippen LogP contribution in [0.5, 0.6) is 0 Å². The first-order valence-electron chi connectivity index (χ1n) is 3.89. The fraction of sp³-hybridized carbons (Fsp3) is 0.222. The Kier molecular flexibility index (Phi) is 1.81. The molecule has 2 nitrogen and oxygen atoms in total. The molecule has 62 valence electrons. The SMILES string of the molecule is CC(S)n1cc2ccccc2n1. The molecule has 2 aromatic rings. The standard InChI is InChI=1S/C9H10N2S/c1-7(12)11-6-8-4-2-3-5-9(8)10-11/h2-7,12H,1H3. The third-order valence-electron chi connectivity index (χ3n) is 1.81. The number of benzene rings is 1. The van der Waals surface area contributed by atoms with E-state index in [-0.39, 0.29) is 5.37 Å². The fourth-order valence-corrected chi connectivity index (χ4v) is 1.29. The number of thiol groups is 1. The second kappa shape index (κ2) is 2.83. The van der Waals surface area contributed by atoms with Gasteiger partial charge in [0.25, 0.3) is 0 Å². The summed E-state index contributed by atoms with van der Waals surface area (Å²) >= 11 is 4.30. The predicted molar refractivity (Wildman–Crippen MR) is 53.4 cm³/mol. The zero-order valence-corrected chi connectivity index (χ0v) is 7.70. The summed E-state index contributed by atoms with van der Waals surface area (Å²) < 4.78 is 1.85. The predicted octanol–water partition coefficient (Wildman–Crippen LogP) is 2.48. The minimum Gasteiger partial charge on any atom is -0.259 e. The van der Waals surface area contributed by atoms with Gasteiger partial charge in [0.05, 0.1) is 10.9 Å². The van der Waals surface area contributed by atoms with Crippen LogP contribution in [0.25, 0.3) is 10.9 Å². The van der Waals surface area contributed by atoms with E-state index in [0.29, 0.717) is 0 Å². The van der Waals surface area contributed by atoms with Crippen LogP contribution in [0.2, 0.25) is 0 Å². The van der Waals surface area contributed by atoms with E-state index in [2.05, 4.69) is 23.8 Å². The van der Waals surface area contributed by atoms with E-state index in [4.69, 9.17) is 0 Å². The van der Waals surface area contributed by atoms with Crippen molar-refractivity contribution in [3.8, 4) is 0 Å². The summed E-state index contributed by atoms with van der Waals surface area (Å²) in [5.74, 6) is 0. The quantitative estimate of drug-likeness (QED) is 0.664. The summed E-state index contributed by atoms with van der Waals surface area (Å²) in [5, 5.41) is 5.65. The monoisotopic (exact) mass is 178 g/mol. The van der Waals surface area contributed by atoms with Crippen LogP contribution in [0.1, 0.15) is 12.3 Å². The summed E-state index contributed by atoms with van der Waals surface area (Å²) in [7, 11) is 0. The molecule has 0 spiro atoms. The molecule has 1 aromatic carbocycles. The van der Waals surface area contributed by atoms with Gasteiger partial charge in [-0.2, -0.15) is 17.7 Å². The van der Waals surface area contributed by atoms with Gasteiger partial charge in [-0.3, -0.25) is 4.68 Å². The largest absolute Gasteiger partial charge is 0.259 e. The average Bonchev–Trinajstić information content (AvgIpc) is 2.46. The first-order valence-corrected chi connectivity index (χ1v) is 4.41. The van der Waals surface area contributed by atoms with Crippen molar-refractivity contribution in [3.63, 3.8) is 0 Å². The lowest BCUT2D eigenvalue weighted by molar-refractivity contribution is 0.654. The highest BCUT2D eigenvalue weighted by Gasteiger charge is 2.01. The Bertz CT molecular complexity index is 359. The Morgan fingerprint density at radius 1 is 1.42 bits per heavy atom. The number of aromatic nitrogens is 2. The Labute approximate surface area is 76.6 Å². The number of fused-ring (bicyclic) bond motifs is 1. The first-order chi connectivity index (χ1) is 5.77. The van der Waals surface area contributed by atoms with Crippen LogP contribution in [-0.4, -0.2) is 9.78 Å². The van der Waals surface area contributed by atoms with E-state index in [9.17, 15) is 0 Å². The van der Waals surface area contributed by atoms with Crippen LogP contribution in [0.3, 0.4) is 0 Å². The van der Waals surface area contributed by atoms with Crippen molar-refractivity contribution in [2.45, 2.75) is 12.3 Å². The molecule has 0 saturated heterocycles. The molecule has 1 atom stereocenters. The maximum Gasteiger partial charge on any atom is 0.0923 e. The van der Waals surface area contributed by atoms with Crippen LogP contribution < -0.4 is 0 Å². The van der Waals surface area contributed by atoms with Gasteiger partial charge in [-0.05, 0) is 13.0 Å². The minimum absolute atomic E-state index is 0.136. The molecule has 1 heterocycles. The number of nitrogens with zero attached hydrogens (tertiary/aromatic N) is 2. The van der Waals surface area contributed by atoms with Gasteiger partial charge in [0, 0.05) is 11.6 Å². The summed E-state index contributed by atoms with van der Waals surface area (Å²) in [4.78, 5) is 0. The normalized spacial score (nSPS) is 13.5. The molecule has 1 unspecified atom stereocenters. The van der Waals surface area contributed by atoms with Crippen molar-refractivity contribution in [2.75, 3.05) is 0 Å². The van der Waals surface area contributed by atoms with Crippen LogP contribution in [0.4, 0.5) is 0 Å². The summed E-state index contributed by atoms with van der Waals surface area (Å²) in [6.07, 6.45) is 2.01. The molecule has 0 bridgehead atoms. The van der Waals surface area contributed by atoms with E-state index in [1.165, 1.54) is 5.39 Å². The Morgan fingerprint density at radius 2 is 2.17 bits per heavy atom. The molecule has 3 heteroatoms. The number of rotatable bonds is 1. The average molecular weight is 178 g/mol. The van der Waals surface area contributed by atoms with Gasteiger partial charge in [-0.25, -0.2) is 0 Å². The van der Waals surface area contributed by atoms with Crippen molar-refractivity contribution < 1.29 is 0 Å². The molecule has 12 heavy (non-hydrogen) atoms. The number of hydrogen-bond acceptors (Lipinski definition) is 2. The Morgan fingerprint density at radius 3 is 2.83 bits per heavy atom. The smallest absolute Gasteiger partial charge is 0.0923 e. The maximum absolute atomic E-state index is 4.35. The third kappa shape index (κ3) is 1.20. The molecule has 2 rings (SSSR count). The zero-order chi connectivity index (χ0) is 8.55. The molecular formula is C9H10N2S. The van der Waals surface area contributed by atoms with Gasteiger partial charge in [0.1, 0.15) is 0 Å². The summed E-state index contributed by atoms with van der Waals surface area (Å²) in [6.45, 7) is 2.00. The van der Waals surface area contributed by atoms with Gasteiger partial charge >= 0.3 is 0 Å². The zero-order valence-electron chi connectivity index (χ0n) is 6.81. The van der Waals surface area contributed by atoms with E-state index < -0.39 is 0 Å². The highest BCUT2D eigenvalue weighted by molar-refractivity contribution is 7.80. The fourth-order valence-electron chi connectivity index (χ4n) is 1.17. The molecule has 0 saturated carbocycles. The molecule has 0 aliphatic heterocycles. The van der Waals surface area contributed by atoms with Crippen molar-refractivity contribution in [1.29, 1.82) is 0 Å². The number of hydrogen-bond donors (Lipinski definition) is 1. The molecule has 0 aliphatic carbocycles. The Balaban J connectivity index is 2.62. The van der Waals surface area contributed by atoms with Gasteiger partial charge in [0.15, 0.2) is 0 Å². The van der Waals surface area contributed by atoms with E-state index in [1.807, 2.05) is 36.0 Å². The second-order valence-electron chi connectivity index (χ2n) is 2.80. The van der Waals surface area contributed by atoms with Crippen molar-refractivity contribution in [1.82, 2.24) is 9.78 Å². The molecular weight excluding hydrogens is 168 g/mol.